The molecule has 0 aliphatic rings. The molecule has 0 aliphatic heterocycles. The van der Waals surface area contributed by atoms with Crippen molar-refractivity contribution in [3.8, 4) is 0 Å². The number of carbonyl (C=O) groups excluding carboxylic acids is 2. The van der Waals surface area contributed by atoms with Crippen LogP contribution in [0.5, 0.6) is 0 Å². The Morgan fingerprint density at radius 1 is 0.920 bits per heavy atom. The fraction of sp³-hybridized carbons (Fsp3) is 0.105. The van der Waals surface area contributed by atoms with Gasteiger partial charge in [-0.25, -0.2) is 4.39 Å². The van der Waals surface area contributed by atoms with E-state index in [1.54, 1.807) is 19.1 Å². The van der Waals surface area contributed by atoms with Crippen LogP contribution in [-0.4, -0.2) is 16.8 Å². The van der Waals surface area contributed by atoms with E-state index in [0.29, 0.717) is 11.3 Å². The number of carbonyl (C=O) groups is 2. The lowest BCUT2D eigenvalue weighted by Crippen LogP contribution is -2.42. The van der Waals surface area contributed by atoms with E-state index in [1.807, 2.05) is 25.1 Å². The molecule has 6 heteroatoms. The molecule has 3 aromatic rings. The minimum absolute atomic E-state index is 0.146. The monoisotopic (exact) mass is 337 g/mol. The van der Waals surface area contributed by atoms with E-state index in [-0.39, 0.29) is 5.56 Å². The van der Waals surface area contributed by atoms with E-state index in [0.717, 1.165) is 16.5 Å². The summed E-state index contributed by atoms with van der Waals surface area (Å²) in [4.78, 5) is 28.7. The largest absolute Gasteiger partial charge is 0.272 e. The number of halogens is 1. The lowest BCUT2D eigenvalue weighted by Gasteiger charge is -2.10. The lowest BCUT2D eigenvalue weighted by molar-refractivity contribution is 0.0843. The van der Waals surface area contributed by atoms with Gasteiger partial charge in [-0.15, -0.1) is 0 Å². The second-order valence-electron chi connectivity index (χ2n) is 5.71. The molecule has 0 radical (unpaired) electrons. The van der Waals surface area contributed by atoms with Crippen molar-refractivity contribution in [3.05, 3.63) is 76.7 Å². The molecule has 3 rings (SSSR count). The molecule has 0 saturated heterocycles. The summed E-state index contributed by atoms with van der Waals surface area (Å²) in [6.07, 6.45) is 0. The Kier molecular flexibility index (Phi) is 4.43. The molecule has 0 aliphatic carbocycles. The average Bonchev–Trinajstić information content (AvgIpc) is 2.59. The number of aromatic nitrogens is 1. The summed E-state index contributed by atoms with van der Waals surface area (Å²) in [5, 5.41) is 0.830. The van der Waals surface area contributed by atoms with Gasteiger partial charge in [0.25, 0.3) is 11.8 Å². The Morgan fingerprint density at radius 3 is 2.32 bits per heavy atom. The number of amides is 2. The van der Waals surface area contributed by atoms with Crippen LogP contribution in [0.15, 0.2) is 48.5 Å². The van der Waals surface area contributed by atoms with E-state index in [1.165, 1.54) is 18.2 Å². The molecule has 0 unspecified atom stereocenters. The van der Waals surface area contributed by atoms with Crippen molar-refractivity contribution in [2.45, 2.75) is 13.8 Å². The highest BCUT2D eigenvalue weighted by Gasteiger charge is 2.15. The predicted octanol–water partition coefficient (Wildman–Crippen LogP) is 3.07. The van der Waals surface area contributed by atoms with Crippen molar-refractivity contribution in [3.63, 3.8) is 0 Å². The van der Waals surface area contributed by atoms with Crippen molar-refractivity contribution in [1.29, 1.82) is 0 Å². The third kappa shape index (κ3) is 3.47. The minimum atomic E-state index is -0.728. The smallest absolute Gasteiger partial charge is 0.267 e. The van der Waals surface area contributed by atoms with Crippen LogP contribution in [-0.2, 0) is 0 Å². The highest BCUT2D eigenvalue weighted by molar-refractivity contribution is 6.01. The van der Waals surface area contributed by atoms with Crippen molar-refractivity contribution in [2.24, 2.45) is 0 Å². The minimum Gasteiger partial charge on any atom is -0.267 e. The van der Waals surface area contributed by atoms with Crippen LogP contribution in [0.1, 0.15) is 32.0 Å². The van der Waals surface area contributed by atoms with Crippen molar-refractivity contribution < 1.29 is 14.0 Å². The van der Waals surface area contributed by atoms with Crippen LogP contribution in [0.25, 0.3) is 10.9 Å². The number of aryl methyl sites for hydroxylation is 2. The standard InChI is InChI=1S/C19H16FN3O2/c1-11-7-8-17-13(9-11)10-15(12(2)21-17)19(25)23-22-18(24)14-5-3-4-6-16(14)20/h3-10H,1-2H3,(H,22,24)(H,23,25). The third-order valence-electron chi connectivity index (χ3n) is 3.81. The summed E-state index contributed by atoms with van der Waals surface area (Å²) in [5.41, 5.74) is 7.09. The number of nitrogens with zero attached hydrogens (tertiary/aromatic N) is 1. The summed E-state index contributed by atoms with van der Waals surface area (Å²) in [6, 6.07) is 13.0. The van der Waals surface area contributed by atoms with Gasteiger partial charge in [0.1, 0.15) is 5.82 Å². The van der Waals surface area contributed by atoms with Crippen LogP contribution in [0.4, 0.5) is 4.39 Å². The molecule has 0 spiro atoms. The molecular weight excluding hydrogens is 321 g/mol. The van der Waals surface area contributed by atoms with Gasteiger partial charge in [-0.1, -0.05) is 23.8 Å². The molecule has 0 bridgehead atoms. The predicted molar refractivity (Wildman–Crippen MR) is 92.5 cm³/mol. The number of hydrogen-bond acceptors (Lipinski definition) is 3. The summed E-state index contributed by atoms with van der Waals surface area (Å²) < 4.78 is 13.6. The van der Waals surface area contributed by atoms with E-state index in [2.05, 4.69) is 15.8 Å². The fourth-order valence-electron chi connectivity index (χ4n) is 2.52. The van der Waals surface area contributed by atoms with Gasteiger partial charge < -0.3 is 0 Å². The molecule has 5 nitrogen and oxygen atoms in total. The maximum absolute atomic E-state index is 13.6. The van der Waals surface area contributed by atoms with Crippen molar-refractivity contribution in [1.82, 2.24) is 15.8 Å². The van der Waals surface area contributed by atoms with Gasteiger partial charge in [0, 0.05) is 5.39 Å². The first-order chi connectivity index (χ1) is 12.0. The molecule has 25 heavy (non-hydrogen) atoms. The molecule has 2 amide bonds. The second-order valence-corrected chi connectivity index (χ2v) is 5.71. The molecular formula is C19H16FN3O2. The van der Waals surface area contributed by atoms with Crippen LogP contribution in [0.2, 0.25) is 0 Å². The number of nitrogens with one attached hydrogen (secondary N) is 2. The number of fused-ring (bicyclic) bond motifs is 1. The van der Waals surface area contributed by atoms with Gasteiger partial charge in [0.05, 0.1) is 22.3 Å². The topological polar surface area (TPSA) is 71.1 Å². The third-order valence-corrected chi connectivity index (χ3v) is 3.81. The van der Waals surface area contributed by atoms with Crippen LogP contribution in [0.3, 0.4) is 0 Å². The quantitative estimate of drug-likeness (QED) is 0.706. The Bertz CT molecular complexity index is 986. The second kappa shape index (κ2) is 6.68. The maximum Gasteiger partial charge on any atom is 0.272 e. The number of hydrogen-bond donors (Lipinski definition) is 2. The molecule has 0 atom stereocenters. The van der Waals surface area contributed by atoms with Gasteiger partial charge >= 0.3 is 0 Å². The number of pyridine rings is 1. The highest BCUT2D eigenvalue weighted by atomic mass is 19.1. The number of hydrazine groups is 1. The normalized spacial score (nSPS) is 10.5. The van der Waals surface area contributed by atoms with Crippen molar-refractivity contribution in [2.75, 3.05) is 0 Å². The zero-order valence-electron chi connectivity index (χ0n) is 13.8. The Morgan fingerprint density at radius 2 is 1.60 bits per heavy atom. The Labute approximate surface area is 143 Å². The molecule has 2 N–H and O–H groups in total. The van der Waals surface area contributed by atoms with Crippen LogP contribution in [0, 0.1) is 19.7 Å². The molecule has 2 aromatic carbocycles. The molecule has 0 saturated carbocycles. The van der Waals surface area contributed by atoms with E-state index in [4.69, 9.17) is 0 Å². The van der Waals surface area contributed by atoms with E-state index < -0.39 is 17.6 Å². The Balaban J connectivity index is 1.79. The zero-order chi connectivity index (χ0) is 18.0. The molecule has 0 fully saturated rings. The maximum atomic E-state index is 13.6. The van der Waals surface area contributed by atoms with Gasteiger partial charge in [-0.05, 0) is 44.2 Å². The van der Waals surface area contributed by atoms with E-state index >= 15 is 0 Å². The number of rotatable bonds is 2. The molecule has 1 aromatic heterocycles. The number of benzene rings is 2. The van der Waals surface area contributed by atoms with E-state index in [9.17, 15) is 14.0 Å². The van der Waals surface area contributed by atoms with Gasteiger partial charge in [-0.3, -0.25) is 25.4 Å². The molecule has 126 valence electrons. The summed E-state index contributed by atoms with van der Waals surface area (Å²) >= 11 is 0. The fourth-order valence-corrected chi connectivity index (χ4v) is 2.52. The first-order valence-electron chi connectivity index (χ1n) is 7.69. The SMILES string of the molecule is Cc1ccc2nc(C)c(C(=O)NNC(=O)c3ccccc3F)cc2c1. The van der Waals surface area contributed by atoms with Crippen LogP contribution >= 0.6 is 0 Å². The van der Waals surface area contributed by atoms with Gasteiger partial charge in [0.15, 0.2) is 0 Å². The summed E-state index contributed by atoms with van der Waals surface area (Å²) in [7, 11) is 0. The van der Waals surface area contributed by atoms with Crippen molar-refractivity contribution >= 4 is 22.7 Å². The molecule has 1 heterocycles. The van der Waals surface area contributed by atoms with Gasteiger partial charge in [0.2, 0.25) is 0 Å². The lowest BCUT2D eigenvalue weighted by atomic mass is 10.1. The summed E-state index contributed by atoms with van der Waals surface area (Å²) in [5.74, 6) is -1.90. The average molecular weight is 337 g/mol. The zero-order valence-corrected chi connectivity index (χ0v) is 13.8. The first kappa shape index (κ1) is 16.6. The van der Waals surface area contributed by atoms with Crippen LogP contribution < -0.4 is 10.9 Å². The summed E-state index contributed by atoms with van der Waals surface area (Å²) in [6.45, 7) is 3.67. The highest BCUT2D eigenvalue weighted by Crippen LogP contribution is 2.18. The first-order valence-corrected chi connectivity index (χ1v) is 7.69. The van der Waals surface area contributed by atoms with Gasteiger partial charge in [-0.2, -0.15) is 0 Å². The Hall–Kier alpha value is -3.28.